The van der Waals surface area contributed by atoms with E-state index in [-0.39, 0.29) is 24.4 Å². The van der Waals surface area contributed by atoms with Gasteiger partial charge >= 0.3 is 12.3 Å². The molecule has 1 aromatic carbocycles. The van der Waals surface area contributed by atoms with Crippen LogP contribution in [0.4, 0.5) is 22.4 Å². The van der Waals surface area contributed by atoms with E-state index >= 15 is 0 Å². The van der Waals surface area contributed by atoms with E-state index in [1.807, 2.05) is 0 Å². The molecule has 2 unspecified atom stereocenters. The summed E-state index contributed by atoms with van der Waals surface area (Å²) in [5.74, 6) is -1.22. The lowest BCUT2D eigenvalue weighted by Crippen LogP contribution is -2.46. The van der Waals surface area contributed by atoms with Crippen LogP contribution < -0.4 is 5.56 Å². The molecule has 6 nitrogen and oxygen atoms in total. The zero-order chi connectivity index (χ0) is 19.8. The Kier molecular flexibility index (Phi) is 4.99. The van der Waals surface area contributed by atoms with Crippen molar-refractivity contribution < 1.29 is 32.0 Å². The second kappa shape index (κ2) is 7.09. The van der Waals surface area contributed by atoms with Crippen molar-refractivity contribution >= 4 is 6.09 Å². The number of aromatic nitrogens is 1. The van der Waals surface area contributed by atoms with Crippen LogP contribution in [-0.2, 0) is 12.6 Å². The lowest BCUT2D eigenvalue weighted by atomic mass is 9.86. The fourth-order valence-corrected chi connectivity index (χ4v) is 3.44. The van der Waals surface area contributed by atoms with E-state index < -0.39 is 35.3 Å². The highest BCUT2D eigenvalue weighted by molar-refractivity contribution is 5.65. The van der Waals surface area contributed by atoms with Crippen molar-refractivity contribution in [3.05, 3.63) is 57.3 Å². The normalized spacial score (nSPS) is 20.7. The summed E-state index contributed by atoms with van der Waals surface area (Å²) >= 11 is 0. The summed E-state index contributed by atoms with van der Waals surface area (Å²) < 4.78 is 56.9. The lowest BCUT2D eigenvalue weighted by molar-refractivity contribution is -0.140. The number of carbonyl (C=O) groups is 1. The molecule has 1 aliphatic heterocycles. The fourth-order valence-electron chi connectivity index (χ4n) is 3.44. The van der Waals surface area contributed by atoms with Gasteiger partial charge in [-0.15, -0.1) is 0 Å². The summed E-state index contributed by atoms with van der Waals surface area (Å²) in [7, 11) is 0. The van der Waals surface area contributed by atoms with Crippen molar-refractivity contribution in [3.8, 4) is 0 Å². The minimum Gasteiger partial charge on any atom is -0.465 e. The SMILES string of the molecule is O=C(O)N1CCC(c2cc(=O)[nH]o2)CC1Cc1ccc(C(F)(F)F)c(F)c1. The van der Waals surface area contributed by atoms with Crippen LogP contribution in [0.3, 0.4) is 0 Å². The van der Waals surface area contributed by atoms with Gasteiger partial charge in [0.25, 0.3) is 5.56 Å². The van der Waals surface area contributed by atoms with Gasteiger partial charge in [0.05, 0.1) is 5.56 Å². The molecule has 2 N–H and O–H groups in total. The van der Waals surface area contributed by atoms with Crippen LogP contribution in [0.15, 0.2) is 33.6 Å². The van der Waals surface area contributed by atoms with Gasteiger partial charge < -0.3 is 14.5 Å². The van der Waals surface area contributed by atoms with Crippen molar-refractivity contribution in [2.75, 3.05) is 6.54 Å². The minimum absolute atomic E-state index is 0.0481. The number of hydrogen-bond acceptors (Lipinski definition) is 3. The van der Waals surface area contributed by atoms with Crippen LogP contribution in [0.5, 0.6) is 0 Å². The zero-order valence-corrected chi connectivity index (χ0v) is 13.9. The summed E-state index contributed by atoms with van der Waals surface area (Å²) in [5, 5.41) is 11.6. The molecule has 1 fully saturated rings. The standard InChI is InChI=1S/C17H16F4N2O4/c18-13-6-9(1-2-12(13)17(19,20)21)5-11-7-10(3-4-23(11)16(25)26)14-8-15(24)22-27-14/h1-2,6,8,10-11H,3-5,7H2,(H,22,24)(H,25,26). The molecule has 2 atom stereocenters. The van der Waals surface area contributed by atoms with Crippen molar-refractivity contribution in [2.24, 2.45) is 0 Å². The predicted octanol–water partition coefficient (Wildman–Crippen LogP) is 3.59. The summed E-state index contributed by atoms with van der Waals surface area (Å²) in [6.45, 7) is 0.169. The number of nitrogens with one attached hydrogen (secondary N) is 1. The molecule has 146 valence electrons. The summed E-state index contributed by atoms with van der Waals surface area (Å²) in [5.41, 5.74) is -1.52. The molecule has 0 radical (unpaired) electrons. The molecule has 0 bridgehead atoms. The van der Waals surface area contributed by atoms with Gasteiger partial charge in [0, 0.05) is 24.6 Å². The number of amides is 1. The number of rotatable bonds is 3. The predicted molar refractivity (Wildman–Crippen MR) is 84.9 cm³/mol. The number of carboxylic acid groups (broad SMARTS) is 1. The highest BCUT2D eigenvalue weighted by Crippen LogP contribution is 2.34. The molecule has 10 heteroatoms. The second-order valence-electron chi connectivity index (χ2n) is 6.48. The first-order valence-corrected chi connectivity index (χ1v) is 8.18. The number of halogens is 4. The Morgan fingerprint density at radius 3 is 2.63 bits per heavy atom. The third kappa shape index (κ3) is 4.15. The molecule has 0 saturated carbocycles. The number of H-pyrrole nitrogens is 1. The van der Waals surface area contributed by atoms with Gasteiger partial charge in [-0.1, -0.05) is 6.07 Å². The summed E-state index contributed by atoms with van der Waals surface area (Å²) in [6.07, 6.45) is -5.17. The van der Waals surface area contributed by atoms with E-state index in [1.54, 1.807) is 0 Å². The minimum atomic E-state index is -4.79. The van der Waals surface area contributed by atoms with Crippen molar-refractivity contribution in [3.63, 3.8) is 0 Å². The topological polar surface area (TPSA) is 86.5 Å². The number of nitrogens with zero attached hydrogens (tertiary/aromatic N) is 1. The molecule has 1 aromatic heterocycles. The molecule has 2 aromatic rings. The Balaban J connectivity index is 1.82. The third-order valence-corrected chi connectivity index (χ3v) is 4.72. The average molecular weight is 388 g/mol. The second-order valence-corrected chi connectivity index (χ2v) is 6.48. The average Bonchev–Trinajstić information content (AvgIpc) is 3.00. The maximum Gasteiger partial charge on any atom is 0.419 e. The van der Waals surface area contributed by atoms with Crippen LogP contribution in [0.2, 0.25) is 0 Å². The largest absolute Gasteiger partial charge is 0.465 e. The van der Waals surface area contributed by atoms with Crippen molar-refractivity contribution in [1.82, 2.24) is 10.1 Å². The molecule has 1 aliphatic rings. The number of piperidine rings is 1. The highest BCUT2D eigenvalue weighted by atomic mass is 19.4. The molecule has 0 spiro atoms. The van der Waals surface area contributed by atoms with Gasteiger partial charge in [0.2, 0.25) is 0 Å². The number of aromatic amines is 1. The summed E-state index contributed by atoms with van der Waals surface area (Å²) in [6, 6.07) is 3.28. The number of hydrogen-bond donors (Lipinski definition) is 2. The quantitative estimate of drug-likeness (QED) is 0.787. The van der Waals surface area contributed by atoms with Crippen LogP contribution in [0.1, 0.15) is 35.6 Å². The van der Waals surface area contributed by atoms with Crippen LogP contribution in [-0.4, -0.2) is 33.8 Å². The Labute approximate surface area is 150 Å². The maximum absolute atomic E-state index is 13.8. The third-order valence-electron chi connectivity index (χ3n) is 4.72. The van der Waals surface area contributed by atoms with Crippen molar-refractivity contribution in [1.29, 1.82) is 0 Å². The molecular weight excluding hydrogens is 372 g/mol. The fraction of sp³-hybridized carbons (Fsp3) is 0.412. The molecule has 1 saturated heterocycles. The van der Waals surface area contributed by atoms with Gasteiger partial charge in [0.1, 0.15) is 11.6 Å². The van der Waals surface area contributed by atoms with Crippen LogP contribution >= 0.6 is 0 Å². The smallest absolute Gasteiger partial charge is 0.419 e. The first kappa shape index (κ1) is 19.0. The molecule has 27 heavy (non-hydrogen) atoms. The van der Waals surface area contributed by atoms with E-state index in [2.05, 4.69) is 5.16 Å². The van der Waals surface area contributed by atoms with E-state index in [4.69, 9.17) is 4.52 Å². The summed E-state index contributed by atoms with van der Waals surface area (Å²) in [4.78, 5) is 23.9. The Morgan fingerprint density at radius 1 is 1.33 bits per heavy atom. The van der Waals surface area contributed by atoms with E-state index in [1.165, 1.54) is 11.0 Å². The van der Waals surface area contributed by atoms with Crippen LogP contribution in [0.25, 0.3) is 0 Å². The van der Waals surface area contributed by atoms with E-state index in [0.717, 1.165) is 12.1 Å². The Bertz CT molecular complexity index is 890. The Hall–Kier alpha value is -2.78. The van der Waals surface area contributed by atoms with Gasteiger partial charge in [0.15, 0.2) is 0 Å². The number of benzene rings is 1. The van der Waals surface area contributed by atoms with Crippen LogP contribution in [0, 0.1) is 5.82 Å². The van der Waals surface area contributed by atoms with E-state index in [9.17, 15) is 32.3 Å². The van der Waals surface area contributed by atoms with Gasteiger partial charge in [-0.2, -0.15) is 18.3 Å². The maximum atomic E-state index is 13.8. The first-order chi connectivity index (χ1) is 12.6. The lowest BCUT2D eigenvalue weighted by Gasteiger charge is -2.37. The monoisotopic (exact) mass is 388 g/mol. The first-order valence-electron chi connectivity index (χ1n) is 8.18. The molecule has 0 aliphatic carbocycles. The molecule has 2 heterocycles. The van der Waals surface area contributed by atoms with Crippen molar-refractivity contribution in [2.45, 2.75) is 37.4 Å². The van der Waals surface area contributed by atoms with Gasteiger partial charge in [-0.25, -0.2) is 9.18 Å². The van der Waals surface area contributed by atoms with E-state index in [0.29, 0.717) is 24.7 Å². The molecule has 1 amide bonds. The molecule has 3 rings (SSSR count). The Morgan fingerprint density at radius 2 is 2.07 bits per heavy atom. The van der Waals surface area contributed by atoms with Gasteiger partial charge in [-0.3, -0.25) is 4.79 Å². The zero-order valence-electron chi connectivity index (χ0n) is 13.9. The van der Waals surface area contributed by atoms with Gasteiger partial charge in [-0.05, 0) is 37.0 Å². The number of likely N-dealkylation sites (tertiary alicyclic amines) is 1. The number of alkyl halides is 3. The molecular formula is C17H16F4N2O4. The highest BCUT2D eigenvalue weighted by Gasteiger charge is 2.36.